The van der Waals surface area contributed by atoms with Crippen LogP contribution in [0.4, 0.5) is 0 Å². The Bertz CT molecular complexity index is 1120. The van der Waals surface area contributed by atoms with Crippen LogP contribution < -0.4 is 5.32 Å². The Morgan fingerprint density at radius 3 is 2.00 bits per heavy atom. The smallest absolute Gasteiger partial charge is 0.336 e. The van der Waals surface area contributed by atoms with E-state index in [-0.39, 0.29) is 6.61 Å². The fourth-order valence-electron chi connectivity index (χ4n) is 4.26. The lowest BCUT2D eigenvalue weighted by Gasteiger charge is -2.23. The molecule has 0 fully saturated rings. The standard InChI is InChI=1S/C31H42ClNO7/c1-21-12-14-24(18-23(21)3)10-7-5-9-17-39-28(29(31(37)38)40-20-27(34)35)30(36)33-16-8-4-6-11-25-15-13-22(2)26(32)19-25/h12-15,18-19,28-29H,4-11,16-17,20H2,1-3H3,(H,33,36)(H,34,35)(H,37,38). The van der Waals surface area contributed by atoms with Gasteiger partial charge in [0.25, 0.3) is 5.91 Å². The molecule has 2 rings (SSSR count). The first-order valence-corrected chi connectivity index (χ1v) is 14.2. The van der Waals surface area contributed by atoms with Gasteiger partial charge < -0.3 is 25.0 Å². The number of carboxylic acid groups (broad SMARTS) is 2. The van der Waals surface area contributed by atoms with Crippen LogP contribution in [0.5, 0.6) is 0 Å². The van der Waals surface area contributed by atoms with E-state index in [4.69, 9.17) is 26.2 Å². The molecule has 0 aromatic heterocycles. The van der Waals surface area contributed by atoms with Crippen molar-refractivity contribution in [3.8, 4) is 0 Å². The van der Waals surface area contributed by atoms with Crippen LogP contribution in [0.2, 0.25) is 5.02 Å². The molecule has 2 aromatic carbocycles. The lowest BCUT2D eigenvalue weighted by molar-refractivity contribution is -0.172. The Kier molecular flexibility index (Phi) is 14.7. The van der Waals surface area contributed by atoms with Crippen LogP contribution in [0.25, 0.3) is 0 Å². The third-order valence-electron chi connectivity index (χ3n) is 6.82. The van der Waals surface area contributed by atoms with Crippen molar-refractivity contribution in [2.24, 2.45) is 0 Å². The van der Waals surface area contributed by atoms with Gasteiger partial charge in [0, 0.05) is 18.2 Å². The maximum atomic E-state index is 12.9. The number of carbonyl (C=O) groups excluding carboxylic acids is 1. The van der Waals surface area contributed by atoms with Gasteiger partial charge in [-0.05, 0) is 93.2 Å². The molecule has 2 atom stereocenters. The van der Waals surface area contributed by atoms with E-state index in [2.05, 4.69) is 43.4 Å². The largest absolute Gasteiger partial charge is 0.480 e. The van der Waals surface area contributed by atoms with Gasteiger partial charge in [0.15, 0.2) is 12.2 Å². The minimum atomic E-state index is -1.72. The third-order valence-corrected chi connectivity index (χ3v) is 7.23. The number of ether oxygens (including phenoxy) is 2. The summed E-state index contributed by atoms with van der Waals surface area (Å²) in [5, 5.41) is 22.0. The summed E-state index contributed by atoms with van der Waals surface area (Å²) in [7, 11) is 0. The predicted molar refractivity (Wildman–Crippen MR) is 155 cm³/mol. The topological polar surface area (TPSA) is 122 Å². The summed E-state index contributed by atoms with van der Waals surface area (Å²) in [5.74, 6) is -3.40. The van der Waals surface area contributed by atoms with Gasteiger partial charge in [-0.2, -0.15) is 0 Å². The monoisotopic (exact) mass is 575 g/mol. The van der Waals surface area contributed by atoms with Crippen LogP contribution in [-0.4, -0.2) is 60.0 Å². The van der Waals surface area contributed by atoms with Crippen molar-refractivity contribution in [1.29, 1.82) is 0 Å². The summed E-state index contributed by atoms with van der Waals surface area (Å²) in [6, 6.07) is 12.4. The first-order valence-electron chi connectivity index (χ1n) is 13.8. The van der Waals surface area contributed by atoms with Crippen LogP contribution in [0.1, 0.15) is 66.3 Å². The Hall–Kier alpha value is -2.94. The molecule has 0 aliphatic rings. The van der Waals surface area contributed by atoms with Crippen LogP contribution >= 0.6 is 11.6 Å². The molecule has 0 bridgehead atoms. The van der Waals surface area contributed by atoms with Crippen LogP contribution in [0, 0.1) is 20.8 Å². The zero-order valence-corrected chi connectivity index (χ0v) is 24.5. The number of nitrogens with one attached hydrogen (secondary N) is 1. The van der Waals surface area contributed by atoms with Crippen LogP contribution in [0.3, 0.4) is 0 Å². The quantitative estimate of drug-likeness (QED) is 0.190. The summed E-state index contributed by atoms with van der Waals surface area (Å²) in [6.45, 7) is 5.78. The normalized spacial score (nSPS) is 12.6. The Balaban J connectivity index is 1.81. The maximum absolute atomic E-state index is 12.9. The van der Waals surface area contributed by atoms with Gasteiger partial charge in [0.05, 0.1) is 0 Å². The van der Waals surface area contributed by atoms with E-state index in [9.17, 15) is 19.5 Å². The van der Waals surface area contributed by atoms with Crippen molar-refractivity contribution in [1.82, 2.24) is 5.32 Å². The second-order valence-electron chi connectivity index (χ2n) is 10.2. The lowest BCUT2D eigenvalue weighted by Crippen LogP contribution is -2.49. The minimum absolute atomic E-state index is 0.157. The number of amides is 1. The summed E-state index contributed by atoms with van der Waals surface area (Å²) >= 11 is 6.18. The number of benzene rings is 2. The molecule has 9 heteroatoms. The van der Waals surface area contributed by atoms with E-state index in [0.29, 0.717) is 19.4 Å². The van der Waals surface area contributed by atoms with E-state index in [1.165, 1.54) is 16.7 Å². The average Bonchev–Trinajstić information content (AvgIpc) is 2.90. The number of carboxylic acids is 2. The van der Waals surface area contributed by atoms with Gasteiger partial charge in [-0.15, -0.1) is 0 Å². The van der Waals surface area contributed by atoms with Crippen molar-refractivity contribution < 1.29 is 34.1 Å². The SMILES string of the molecule is Cc1ccc(CCCCCOC(C(=O)NCCCCCc2ccc(C)c(Cl)c2)C(OCC(=O)O)C(=O)O)cc1C. The highest BCUT2D eigenvalue weighted by Gasteiger charge is 2.36. The molecule has 3 N–H and O–H groups in total. The van der Waals surface area contributed by atoms with Gasteiger partial charge in [-0.25, -0.2) is 9.59 Å². The predicted octanol–water partition coefficient (Wildman–Crippen LogP) is 5.45. The molecule has 0 heterocycles. The van der Waals surface area contributed by atoms with E-state index in [1.807, 2.05) is 19.1 Å². The zero-order chi connectivity index (χ0) is 29.5. The molecule has 0 aliphatic heterocycles. The number of unbranched alkanes of at least 4 members (excludes halogenated alkanes) is 4. The fourth-order valence-corrected chi connectivity index (χ4v) is 4.47. The third kappa shape index (κ3) is 12.1. The van der Waals surface area contributed by atoms with Crippen LogP contribution in [-0.2, 0) is 36.7 Å². The lowest BCUT2D eigenvalue weighted by atomic mass is 10.0. The Morgan fingerprint density at radius 1 is 0.775 bits per heavy atom. The van der Waals surface area contributed by atoms with Crippen molar-refractivity contribution in [2.75, 3.05) is 19.8 Å². The summed E-state index contributed by atoms with van der Waals surface area (Å²) in [6.07, 6.45) is 3.47. The van der Waals surface area contributed by atoms with E-state index in [1.54, 1.807) is 0 Å². The Labute approximate surface area is 242 Å². The molecule has 0 saturated heterocycles. The van der Waals surface area contributed by atoms with Gasteiger partial charge >= 0.3 is 11.9 Å². The molecule has 8 nitrogen and oxygen atoms in total. The van der Waals surface area contributed by atoms with Crippen LogP contribution in [0.15, 0.2) is 36.4 Å². The maximum Gasteiger partial charge on any atom is 0.336 e. The first-order chi connectivity index (χ1) is 19.1. The average molecular weight is 576 g/mol. The van der Waals surface area contributed by atoms with E-state index >= 15 is 0 Å². The summed E-state index contributed by atoms with van der Waals surface area (Å²) in [4.78, 5) is 35.6. The number of aryl methyl sites for hydroxylation is 5. The van der Waals surface area contributed by atoms with Crippen molar-refractivity contribution in [2.45, 2.75) is 84.3 Å². The molecule has 1 amide bonds. The summed E-state index contributed by atoms with van der Waals surface area (Å²) in [5.41, 5.74) is 5.97. The molecular formula is C31H42ClNO7. The fraction of sp³-hybridized carbons (Fsp3) is 0.516. The van der Waals surface area contributed by atoms with Gasteiger partial charge in [-0.1, -0.05) is 54.8 Å². The number of hydrogen-bond acceptors (Lipinski definition) is 5. The molecule has 40 heavy (non-hydrogen) atoms. The molecule has 0 spiro atoms. The molecule has 0 saturated carbocycles. The molecule has 220 valence electrons. The molecule has 2 aromatic rings. The number of rotatable bonds is 19. The number of halogens is 1. The molecule has 2 unspecified atom stereocenters. The minimum Gasteiger partial charge on any atom is -0.480 e. The first kappa shape index (κ1) is 33.3. The van der Waals surface area contributed by atoms with Gasteiger partial charge in [0.1, 0.15) is 6.61 Å². The molecule has 0 radical (unpaired) electrons. The van der Waals surface area contributed by atoms with E-state index in [0.717, 1.165) is 54.7 Å². The Morgan fingerprint density at radius 2 is 1.40 bits per heavy atom. The second kappa shape index (κ2) is 17.7. The van der Waals surface area contributed by atoms with Crippen molar-refractivity contribution in [3.63, 3.8) is 0 Å². The zero-order valence-electron chi connectivity index (χ0n) is 23.7. The van der Waals surface area contributed by atoms with Crippen molar-refractivity contribution in [3.05, 3.63) is 69.2 Å². The highest BCUT2D eigenvalue weighted by molar-refractivity contribution is 6.31. The number of hydrogen-bond donors (Lipinski definition) is 3. The summed E-state index contributed by atoms with van der Waals surface area (Å²) < 4.78 is 10.7. The van der Waals surface area contributed by atoms with Crippen molar-refractivity contribution >= 4 is 29.4 Å². The molecular weight excluding hydrogens is 534 g/mol. The van der Waals surface area contributed by atoms with Gasteiger partial charge in [-0.3, -0.25) is 4.79 Å². The van der Waals surface area contributed by atoms with E-state index < -0.39 is 36.7 Å². The van der Waals surface area contributed by atoms with Gasteiger partial charge in [0.2, 0.25) is 0 Å². The number of carbonyl (C=O) groups is 3. The highest BCUT2D eigenvalue weighted by atomic mass is 35.5. The number of aliphatic carboxylic acids is 2. The molecule has 0 aliphatic carbocycles. The highest BCUT2D eigenvalue weighted by Crippen LogP contribution is 2.18. The second-order valence-corrected chi connectivity index (χ2v) is 10.6.